The first kappa shape index (κ1) is 19.3. The number of aryl methyl sites for hydroxylation is 2. The Labute approximate surface area is 163 Å². The second kappa shape index (κ2) is 8.98. The summed E-state index contributed by atoms with van der Waals surface area (Å²) in [6.45, 7) is 7.08. The van der Waals surface area contributed by atoms with Crippen LogP contribution < -0.4 is 10.6 Å². The van der Waals surface area contributed by atoms with Crippen LogP contribution in [0.5, 0.6) is 0 Å². The molecule has 1 atom stereocenters. The first-order chi connectivity index (χ1) is 13.0. The molecule has 0 aliphatic heterocycles. The molecule has 0 aromatic carbocycles. The average Bonchev–Trinajstić information content (AvgIpc) is 3.40. The number of pyridine rings is 1. The van der Waals surface area contributed by atoms with E-state index >= 15 is 0 Å². The first-order valence-corrected chi connectivity index (χ1v) is 9.89. The highest BCUT2D eigenvalue weighted by atomic mass is 32.1. The minimum atomic E-state index is -0.284. The number of aromatic nitrogens is 2. The zero-order chi connectivity index (χ0) is 19.2. The molecule has 142 valence electrons. The van der Waals surface area contributed by atoms with Gasteiger partial charge in [0.15, 0.2) is 5.13 Å². The number of hydrogen-bond donors (Lipinski definition) is 2. The molecule has 1 fully saturated rings. The van der Waals surface area contributed by atoms with Crippen molar-refractivity contribution in [3.63, 3.8) is 0 Å². The van der Waals surface area contributed by atoms with Crippen LogP contribution in [0.1, 0.15) is 41.5 Å². The second-order valence-corrected chi connectivity index (χ2v) is 7.86. The monoisotopic (exact) mass is 384 g/mol. The van der Waals surface area contributed by atoms with E-state index in [0.29, 0.717) is 11.7 Å². The SMILES string of the molecule is Cc1cncc(C#Cc2sc(NC(=O)NC[C@H](C)OCC3CC3)nc2C)c1. The van der Waals surface area contributed by atoms with Gasteiger partial charge in [0.1, 0.15) is 4.88 Å². The van der Waals surface area contributed by atoms with Gasteiger partial charge in [0.25, 0.3) is 0 Å². The summed E-state index contributed by atoms with van der Waals surface area (Å²) in [6.07, 6.45) is 6.04. The summed E-state index contributed by atoms with van der Waals surface area (Å²) in [5, 5.41) is 6.11. The Bertz CT molecular complexity index is 864. The molecule has 2 aromatic heterocycles. The number of hydrogen-bond acceptors (Lipinski definition) is 5. The van der Waals surface area contributed by atoms with Crippen LogP contribution in [-0.4, -0.2) is 35.3 Å². The van der Waals surface area contributed by atoms with Crippen molar-refractivity contribution in [1.82, 2.24) is 15.3 Å². The van der Waals surface area contributed by atoms with E-state index in [-0.39, 0.29) is 12.1 Å². The lowest BCUT2D eigenvalue weighted by Gasteiger charge is -2.13. The molecular formula is C20H24N4O2S. The fraction of sp³-hybridized carbons (Fsp3) is 0.450. The quantitative estimate of drug-likeness (QED) is 0.748. The molecule has 0 radical (unpaired) electrons. The van der Waals surface area contributed by atoms with E-state index in [9.17, 15) is 4.79 Å². The van der Waals surface area contributed by atoms with Crippen LogP contribution >= 0.6 is 11.3 Å². The van der Waals surface area contributed by atoms with Gasteiger partial charge in [-0.1, -0.05) is 17.3 Å². The predicted octanol–water partition coefficient (Wildman–Crippen LogP) is 3.49. The van der Waals surface area contributed by atoms with E-state index in [1.165, 1.54) is 24.2 Å². The molecule has 27 heavy (non-hydrogen) atoms. The van der Waals surface area contributed by atoms with Crippen molar-refractivity contribution < 1.29 is 9.53 Å². The molecule has 0 bridgehead atoms. The van der Waals surface area contributed by atoms with E-state index < -0.39 is 0 Å². The average molecular weight is 385 g/mol. The van der Waals surface area contributed by atoms with Gasteiger partial charge in [-0.05, 0) is 57.1 Å². The van der Waals surface area contributed by atoms with Gasteiger partial charge in [-0.3, -0.25) is 10.3 Å². The fourth-order valence-electron chi connectivity index (χ4n) is 2.34. The molecule has 0 saturated heterocycles. The minimum Gasteiger partial charge on any atom is -0.376 e. The Morgan fingerprint density at radius 1 is 1.37 bits per heavy atom. The Morgan fingerprint density at radius 2 is 2.19 bits per heavy atom. The molecular weight excluding hydrogens is 360 g/mol. The highest BCUT2D eigenvalue weighted by Gasteiger charge is 2.22. The van der Waals surface area contributed by atoms with Crippen molar-refractivity contribution in [2.24, 2.45) is 5.92 Å². The number of nitrogens with zero attached hydrogens (tertiary/aromatic N) is 2. The second-order valence-electron chi connectivity index (χ2n) is 6.86. The topological polar surface area (TPSA) is 76.1 Å². The van der Waals surface area contributed by atoms with Crippen LogP contribution in [0, 0.1) is 31.6 Å². The lowest BCUT2D eigenvalue weighted by Crippen LogP contribution is -2.35. The molecule has 3 rings (SSSR count). The maximum Gasteiger partial charge on any atom is 0.321 e. The van der Waals surface area contributed by atoms with Crippen LogP contribution in [-0.2, 0) is 4.74 Å². The summed E-state index contributed by atoms with van der Waals surface area (Å²) in [7, 11) is 0. The summed E-state index contributed by atoms with van der Waals surface area (Å²) in [5.74, 6) is 6.92. The standard InChI is InChI=1S/C20H24N4O2S/c1-13-8-17(11-21-9-13)6-7-18-15(3)23-20(27-18)24-19(25)22-10-14(2)26-12-16-4-5-16/h8-9,11,14,16H,4-5,10,12H2,1-3H3,(H2,22,23,24,25)/t14-/m0/s1. The molecule has 0 unspecified atom stereocenters. The normalized spacial score (nSPS) is 14.2. The largest absolute Gasteiger partial charge is 0.376 e. The summed E-state index contributed by atoms with van der Waals surface area (Å²) < 4.78 is 5.69. The van der Waals surface area contributed by atoms with E-state index in [1.54, 1.807) is 12.4 Å². The third kappa shape index (κ3) is 6.35. The summed E-state index contributed by atoms with van der Waals surface area (Å²) in [5.41, 5.74) is 2.72. The van der Waals surface area contributed by atoms with Crippen molar-refractivity contribution in [3.8, 4) is 11.8 Å². The van der Waals surface area contributed by atoms with Gasteiger partial charge in [0.05, 0.1) is 11.8 Å². The van der Waals surface area contributed by atoms with Crippen molar-refractivity contribution in [3.05, 3.63) is 40.2 Å². The van der Waals surface area contributed by atoms with Crippen molar-refractivity contribution in [2.75, 3.05) is 18.5 Å². The minimum absolute atomic E-state index is 0.00116. The zero-order valence-corrected chi connectivity index (χ0v) is 16.7. The van der Waals surface area contributed by atoms with E-state index in [0.717, 1.165) is 34.2 Å². The van der Waals surface area contributed by atoms with Gasteiger partial charge in [-0.2, -0.15) is 0 Å². The van der Waals surface area contributed by atoms with Crippen LogP contribution in [0.4, 0.5) is 9.93 Å². The zero-order valence-electron chi connectivity index (χ0n) is 15.8. The van der Waals surface area contributed by atoms with Gasteiger partial charge >= 0.3 is 6.03 Å². The van der Waals surface area contributed by atoms with Gasteiger partial charge in [0.2, 0.25) is 0 Å². The lowest BCUT2D eigenvalue weighted by molar-refractivity contribution is 0.0601. The van der Waals surface area contributed by atoms with Crippen molar-refractivity contribution in [2.45, 2.75) is 39.7 Å². The number of amides is 2. The molecule has 1 aliphatic rings. The smallest absolute Gasteiger partial charge is 0.321 e. The Balaban J connectivity index is 1.50. The number of thiazole rings is 1. The molecule has 2 aromatic rings. The Kier molecular flexibility index (Phi) is 6.43. The van der Waals surface area contributed by atoms with Crippen LogP contribution in [0.2, 0.25) is 0 Å². The number of carbonyl (C=O) groups excluding carboxylic acids is 1. The molecule has 1 saturated carbocycles. The molecule has 2 amide bonds. The number of ether oxygens (including phenoxy) is 1. The van der Waals surface area contributed by atoms with Gasteiger partial charge < -0.3 is 10.1 Å². The number of anilines is 1. The maximum atomic E-state index is 12.0. The van der Waals surface area contributed by atoms with Crippen molar-refractivity contribution in [1.29, 1.82) is 0 Å². The van der Waals surface area contributed by atoms with Crippen molar-refractivity contribution >= 4 is 22.5 Å². The number of nitrogens with one attached hydrogen (secondary N) is 2. The molecule has 0 spiro atoms. The predicted molar refractivity (Wildman–Crippen MR) is 107 cm³/mol. The lowest BCUT2D eigenvalue weighted by atomic mass is 10.2. The van der Waals surface area contributed by atoms with E-state index in [2.05, 4.69) is 32.4 Å². The maximum absolute atomic E-state index is 12.0. The summed E-state index contributed by atoms with van der Waals surface area (Å²) in [6, 6.07) is 1.70. The van der Waals surface area contributed by atoms with Crippen LogP contribution in [0.15, 0.2) is 18.5 Å². The molecule has 6 nitrogen and oxygen atoms in total. The third-order valence-electron chi connectivity index (χ3n) is 4.08. The fourth-order valence-corrected chi connectivity index (χ4v) is 3.15. The van der Waals surface area contributed by atoms with Gasteiger partial charge in [-0.15, -0.1) is 0 Å². The third-order valence-corrected chi connectivity index (χ3v) is 5.06. The molecule has 2 heterocycles. The first-order valence-electron chi connectivity index (χ1n) is 9.07. The summed E-state index contributed by atoms with van der Waals surface area (Å²) in [4.78, 5) is 21.4. The number of rotatable bonds is 6. The summed E-state index contributed by atoms with van der Waals surface area (Å²) >= 11 is 1.36. The Morgan fingerprint density at radius 3 is 2.93 bits per heavy atom. The number of carbonyl (C=O) groups is 1. The molecule has 1 aliphatic carbocycles. The number of urea groups is 1. The van der Waals surface area contributed by atoms with E-state index in [1.807, 2.05) is 26.8 Å². The van der Waals surface area contributed by atoms with Gasteiger partial charge in [0, 0.05) is 31.1 Å². The van der Waals surface area contributed by atoms with Crippen LogP contribution in [0.25, 0.3) is 0 Å². The molecule has 7 heteroatoms. The highest BCUT2D eigenvalue weighted by Crippen LogP contribution is 2.29. The van der Waals surface area contributed by atoms with Gasteiger partial charge in [-0.25, -0.2) is 9.78 Å². The molecule has 2 N–H and O–H groups in total. The highest BCUT2D eigenvalue weighted by molar-refractivity contribution is 7.16. The van der Waals surface area contributed by atoms with Crippen LogP contribution in [0.3, 0.4) is 0 Å². The van der Waals surface area contributed by atoms with E-state index in [4.69, 9.17) is 4.74 Å². The Hall–Kier alpha value is -2.43.